The van der Waals surface area contributed by atoms with E-state index >= 15 is 0 Å². The third-order valence-corrected chi connectivity index (χ3v) is 3.77. The highest BCUT2D eigenvalue weighted by atomic mass is 35.5. The van der Waals surface area contributed by atoms with Crippen LogP contribution in [-0.4, -0.2) is 13.6 Å². The lowest BCUT2D eigenvalue weighted by molar-refractivity contribution is 0.423. The maximum absolute atomic E-state index is 12.0. The predicted octanol–water partition coefficient (Wildman–Crippen LogP) is 2.00. The van der Waals surface area contributed by atoms with Gasteiger partial charge in [0.05, 0.1) is 10.6 Å². The fraction of sp³-hybridized carbons (Fsp3) is 0. The minimum atomic E-state index is -3.93. The van der Waals surface area contributed by atoms with Crippen LogP contribution in [0, 0.1) is 11.3 Å². The van der Waals surface area contributed by atoms with Crippen LogP contribution < -0.4 is 4.72 Å². The second kappa shape index (κ2) is 4.68. The van der Waals surface area contributed by atoms with Gasteiger partial charge >= 0.3 is 0 Å². The highest BCUT2D eigenvalue weighted by Crippen LogP contribution is 2.24. The molecule has 92 valence electrons. The molecule has 18 heavy (non-hydrogen) atoms. The number of sulfonamides is 1. The number of rotatable bonds is 3. The van der Waals surface area contributed by atoms with Crippen molar-refractivity contribution >= 4 is 27.4 Å². The predicted molar refractivity (Wildman–Crippen MR) is 63.5 cm³/mol. The quantitative estimate of drug-likeness (QED) is 0.929. The van der Waals surface area contributed by atoms with E-state index < -0.39 is 10.0 Å². The maximum Gasteiger partial charge on any atom is 0.264 e. The van der Waals surface area contributed by atoms with E-state index in [0.717, 1.165) is 0 Å². The molecule has 0 fully saturated rings. The molecule has 0 bridgehead atoms. The minimum Gasteiger partial charge on any atom is -0.363 e. The van der Waals surface area contributed by atoms with Gasteiger partial charge in [0.2, 0.25) is 0 Å². The Balaban J connectivity index is 2.49. The molecule has 8 heteroatoms. The van der Waals surface area contributed by atoms with Crippen LogP contribution in [0.2, 0.25) is 5.02 Å². The minimum absolute atomic E-state index is 0.0267. The molecule has 0 atom stereocenters. The molecule has 0 aliphatic heterocycles. The fourth-order valence-electron chi connectivity index (χ4n) is 1.29. The molecule has 1 aromatic heterocycles. The SMILES string of the molecule is N#Cc1c(Cl)cccc1S(=O)(=O)Nc1ccon1. The molecule has 0 saturated heterocycles. The first-order valence-corrected chi connectivity index (χ1v) is 6.52. The van der Waals surface area contributed by atoms with Gasteiger partial charge in [-0.1, -0.05) is 22.8 Å². The summed E-state index contributed by atoms with van der Waals surface area (Å²) < 4.78 is 30.7. The molecule has 0 saturated carbocycles. The molecule has 2 rings (SSSR count). The van der Waals surface area contributed by atoms with Crippen LogP contribution in [0.25, 0.3) is 0 Å². The number of hydrogen-bond donors (Lipinski definition) is 1. The lowest BCUT2D eigenvalue weighted by Crippen LogP contribution is -2.14. The molecule has 0 amide bonds. The summed E-state index contributed by atoms with van der Waals surface area (Å²) in [6.45, 7) is 0. The van der Waals surface area contributed by atoms with E-state index in [-0.39, 0.29) is 21.3 Å². The number of aromatic nitrogens is 1. The number of nitrogens with zero attached hydrogens (tertiary/aromatic N) is 2. The van der Waals surface area contributed by atoms with Gasteiger partial charge in [0, 0.05) is 6.07 Å². The Labute approximate surface area is 108 Å². The van der Waals surface area contributed by atoms with Crippen LogP contribution in [0.4, 0.5) is 5.82 Å². The molecule has 2 aromatic rings. The van der Waals surface area contributed by atoms with E-state index in [1.807, 2.05) is 0 Å². The largest absolute Gasteiger partial charge is 0.363 e. The third kappa shape index (κ3) is 2.30. The average Bonchev–Trinajstić information content (AvgIpc) is 2.80. The summed E-state index contributed by atoms with van der Waals surface area (Å²) in [5.74, 6) is 0.0267. The topological polar surface area (TPSA) is 96.0 Å². The smallest absolute Gasteiger partial charge is 0.264 e. The van der Waals surface area contributed by atoms with Gasteiger partial charge in [0.25, 0.3) is 10.0 Å². The Morgan fingerprint density at radius 2 is 2.17 bits per heavy atom. The molecule has 0 unspecified atom stereocenters. The summed E-state index contributed by atoms with van der Waals surface area (Å²) >= 11 is 5.77. The Morgan fingerprint density at radius 3 is 2.78 bits per heavy atom. The first-order valence-electron chi connectivity index (χ1n) is 4.66. The summed E-state index contributed by atoms with van der Waals surface area (Å²) in [5, 5.41) is 12.4. The third-order valence-electron chi connectivity index (χ3n) is 2.05. The van der Waals surface area contributed by atoms with Gasteiger partial charge in [-0.25, -0.2) is 8.42 Å². The molecule has 0 aliphatic carbocycles. The number of nitrogens with one attached hydrogen (secondary N) is 1. The van der Waals surface area contributed by atoms with Crippen molar-refractivity contribution in [3.8, 4) is 6.07 Å². The zero-order chi connectivity index (χ0) is 13.2. The molecule has 1 heterocycles. The molecule has 0 radical (unpaired) electrons. The lowest BCUT2D eigenvalue weighted by atomic mass is 10.2. The normalized spacial score (nSPS) is 10.9. The molecular formula is C10H6ClN3O3S. The van der Waals surface area contributed by atoms with Crippen molar-refractivity contribution in [3.63, 3.8) is 0 Å². The number of anilines is 1. The summed E-state index contributed by atoms with van der Waals surface area (Å²) in [6, 6.07) is 7.27. The van der Waals surface area contributed by atoms with Gasteiger partial charge in [-0.3, -0.25) is 4.72 Å². The molecule has 6 nitrogen and oxygen atoms in total. The van der Waals surface area contributed by atoms with Crippen molar-refractivity contribution in [1.82, 2.24) is 5.16 Å². The van der Waals surface area contributed by atoms with Crippen LogP contribution in [0.3, 0.4) is 0 Å². The van der Waals surface area contributed by atoms with Gasteiger partial charge in [-0.2, -0.15) is 5.26 Å². The van der Waals surface area contributed by atoms with E-state index in [9.17, 15) is 8.42 Å². The first-order chi connectivity index (χ1) is 8.54. The summed E-state index contributed by atoms with van der Waals surface area (Å²) in [5.41, 5.74) is -0.116. The van der Waals surface area contributed by atoms with Crippen LogP contribution in [-0.2, 0) is 10.0 Å². The van der Waals surface area contributed by atoms with Crippen LogP contribution in [0.1, 0.15) is 5.56 Å². The molecule has 0 aliphatic rings. The number of nitriles is 1. The van der Waals surface area contributed by atoms with Crippen molar-refractivity contribution in [2.45, 2.75) is 4.90 Å². The van der Waals surface area contributed by atoms with Crippen LogP contribution in [0.15, 0.2) is 39.9 Å². The van der Waals surface area contributed by atoms with Gasteiger partial charge in [-0.05, 0) is 12.1 Å². The van der Waals surface area contributed by atoms with Crippen molar-refractivity contribution in [1.29, 1.82) is 5.26 Å². The van der Waals surface area contributed by atoms with E-state index in [1.54, 1.807) is 6.07 Å². The zero-order valence-corrected chi connectivity index (χ0v) is 10.4. The Bertz CT molecular complexity index is 704. The summed E-state index contributed by atoms with van der Waals surface area (Å²) in [7, 11) is -3.93. The van der Waals surface area contributed by atoms with Gasteiger partial charge in [0.15, 0.2) is 5.82 Å². The van der Waals surface area contributed by atoms with Crippen molar-refractivity contribution in [3.05, 3.63) is 41.1 Å². The average molecular weight is 284 g/mol. The Morgan fingerprint density at radius 1 is 1.39 bits per heavy atom. The summed E-state index contributed by atoms with van der Waals surface area (Å²) in [4.78, 5) is -0.208. The molecule has 1 aromatic carbocycles. The molecular weight excluding hydrogens is 278 g/mol. The van der Waals surface area contributed by atoms with Crippen LogP contribution in [0.5, 0.6) is 0 Å². The lowest BCUT2D eigenvalue weighted by Gasteiger charge is -2.07. The highest BCUT2D eigenvalue weighted by molar-refractivity contribution is 7.92. The highest BCUT2D eigenvalue weighted by Gasteiger charge is 2.21. The van der Waals surface area contributed by atoms with Gasteiger partial charge in [-0.15, -0.1) is 0 Å². The molecule has 1 N–H and O–H groups in total. The maximum atomic E-state index is 12.0. The van der Waals surface area contributed by atoms with Crippen molar-refractivity contribution in [2.75, 3.05) is 4.72 Å². The van der Waals surface area contributed by atoms with Crippen molar-refractivity contribution < 1.29 is 12.9 Å². The van der Waals surface area contributed by atoms with E-state index in [0.29, 0.717) is 0 Å². The van der Waals surface area contributed by atoms with E-state index in [4.69, 9.17) is 16.9 Å². The number of benzene rings is 1. The van der Waals surface area contributed by atoms with Crippen molar-refractivity contribution in [2.24, 2.45) is 0 Å². The van der Waals surface area contributed by atoms with E-state index in [2.05, 4.69) is 14.4 Å². The monoisotopic (exact) mass is 283 g/mol. The second-order valence-corrected chi connectivity index (χ2v) is 5.27. The second-order valence-electron chi connectivity index (χ2n) is 3.21. The summed E-state index contributed by atoms with van der Waals surface area (Å²) in [6.07, 6.45) is 1.22. The first kappa shape index (κ1) is 12.4. The number of halogens is 1. The van der Waals surface area contributed by atoms with Crippen LogP contribution >= 0.6 is 11.6 Å². The molecule has 0 spiro atoms. The fourth-order valence-corrected chi connectivity index (χ4v) is 2.74. The van der Waals surface area contributed by atoms with E-state index in [1.165, 1.54) is 30.5 Å². The zero-order valence-electron chi connectivity index (χ0n) is 8.79. The Kier molecular flexibility index (Phi) is 3.23. The Hall–Kier alpha value is -2.04. The van der Waals surface area contributed by atoms with Gasteiger partial charge < -0.3 is 4.52 Å². The standard InChI is InChI=1S/C10H6ClN3O3S/c11-8-2-1-3-9(7(8)6-12)18(15,16)14-10-4-5-17-13-10/h1-5H,(H,13,14). The number of hydrogen-bond acceptors (Lipinski definition) is 5. The van der Waals surface area contributed by atoms with Gasteiger partial charge in [0.1, 0.15) is 17.2 Å².